The molecular weight excluding hydrogens is 482 g/mol. The van der Waals surface area contributed by atoms with Crippen LogP contribution in [0.5, 0.6) is 5.75 Å². The molecule has 0 saturated carbocycles. The lowest BCUT2D eigenvalue weighted by Crippen LogP contribution is -2.27. The maximum Gasteiger partial charge on any atom is 0.246 e. The number of rotatable bonds is 11. The van der Waals surface area contributed by atoms with Gasteiger partial charge in [0.15, 0.2) is 17.0 Å². The zero-order valence-corrected chi connectivity index (χ0v) is 21.3. The summed E-state index contributed by atoms with van der Waals surface area (Å²) < 4.78 is 12.9. The van der Waals surface area contributed by atoms with Gasteiger partial charge in [0.25, 0.3) is 0 Å². The molecule has 196 valence electrons. The highest BCUT2D eigenvalue weighted by Gasteiger charge is 2.28. The molecule has 0 radical (unpaired) electrons. The molecule has 1 aliphatic heterocycles. The van der Waals surface area contributed by atoms with Crippen molar-refractivity contribution in [2.45, 2.75) is 19.0 Å². The summed E-state index contributed by atoms with van der Waals surface area (Å²) in [5.41, 5.74) is 3.30. The van der Waals surface area contributed by atoms with E-state index in [1.807, 2.05) is 47.0 Å². The van der Waals surface area contributed by atoms with Gasteiger partial charge in [-0.1, -0.05) is 43.0 Å². The second-order valence-electron chi connectivity index (χ2n) is 8.98. The Labute approximate surface area is 221 Å². The molecule has 0 unspecified atom stereocenters. The number of amides is 1. The molecule has 3 heterocycles. The van der Waals surface area contributed by atoms with E-state index in [0.29, 0.717) is 55.8 Å². The molecule has 1 saturated heterocycles. The molecule has 2 N–H and O–H groups in total. The van der Waals surface area contributed by atoms with Crippen LogP contribution >= 0.6 is 0 Å². The Hall–Kier alpha value is -4.44. The average molecular weight is 514 g/mol. The SMILES string of the molecule is C=CC(=O)N1CC[C@H](n2cnc3c(NCc4ccccc4)nc(Nc4cccc(OCCOC)c4)nc32)C1. The number of methoxy groups -OCH3 is 1. The second-order valence-corrected chi connectivity index (χ2v) is 8.98. The highest BCUT2D eigenvalue weighted by Crippen LogP contribution is 2.30. The minimum absolute atomic E-state index is 0.0612. The van der Waals surface area contributed by atoms with Gasteiger partial charge in [-0.2, -0.15) is 9.97 Å². The predicted octanol–water partition coefficient (Wildman–Crippen LogP) is 4.17. The number of nitrogens with one attached hydrogen (secondary N) is 2. The Balaban J connectivity index is 1.45. The van der Waals surface area contributed by atoms with Gasteiger partial charge in [-0.25, -0.2) is 4.98 Å². The van der Waals surface area contributed by atoms with Crippen molar-refractivity contribution in [1.82, 2.24) is 24.4 Å². The number of carbonyl (C=O) groups is 1. The maximum atomic E-state index is 12.2. The molecule has 10 heteroatoms. The molecule has 2 aromatic carbocycles. The van der Waals surface area contributed by atoms with Crippen molar-refractivity contribution in [3.8, 4) is 5.75 Å². The van der Waals surface area contributed by atoms with Crippen LogP contribution in [0.4, 0.5) is 17.5 Å². The Morgan fingerprint density at radius 1 is 1.16 bits per heavy atom. The van der Waals surface area contributed by atoms with Gasteiger partial charge in [-0.15, -0.1) is 0 Å². The number of hydrogen-bond donors (Lipinski definition) is 2. The highest BCUT2D eigenvalue weighted by atomic mass is 16.5. The van der Waals surface area contributed by atoms with Gasteiger partial charge < -0.3 is 29.6 Å². The average Bonchev–Trinajstić information content (AvgIpc) is 3.60. The topological polar surface area (TPSA) is 106 Å². The van der Waals surface area contributed by atoms with Gasteiger partial charge in [-0.3, -0.25) is 4.79 Å². The van der Waals surface area contributed by atoms with Crippen molar-refractivity contribution in [2.24, 2.45) is 0 Å². The molecular formula is C28H31N7O3. The lowest BCUT2D eigenvalue weighted by Gasteiger charge is -2.16. The zero-order chi connectivity index (χ0) is 26.3. The summed E-state index contributed by atoms with van der Waals surface area (Å²) in [6.45, 7) is 6.42. The van der Waals surface area contributed by atoms with Gasteiger partial charge in [0, 0.05) is 38.5 Å². The summed E-state index contributed by atoms with van der Waals surface area (Å²) in [6.07, 6.45) is 3.95. The predicted molar refractivity (Wildman–Crippen MR) is 147 cm³/mol. The molecule has 38 heavy (non-hydrogen) atoms. The third kappa shape index (κ3) is 5.76. The summed E-state index contributed by atoms with van der Waals surface area (Å²) in [5.74, 6) is 1.72. The monoisotopic (exact) mass is 513 g/mol. The Bertz CT molecular complexity index is 1410. The first kappa shape index (κ1) is 25.2. The summed E-state index contributed by atoms with van der Waals surface area (Å²) in [4.78, 5) is 28.2. The van der Waals surface area contributed by atoms with E-state index < -0.39 is 0 Å². The fourth-order valence-electron chi connectivity index (χ4n) is 4.48. The number of nitrogens with zero attached hydrogens (tertiary/aromatic N) is 5. The maximum absolute atomic E-state index is 12.2. The number of hydrogen-bond acceptors (Lipinski definition) is 8. The fraction of sp³-hybridized carbons (Fsp3) is 0.286. The summed E-state index contributed by atoms with van der Waals surface area (Å²) in [7, 11) is 1.64. The van der Waals surface area contributed by atoms with E-state index in [9.17, 15) is 4.79 Å². The van der Waals surface area contributed by atoms with E-state index in [1.54, 1.807) is 18.3 Å². The Morgan fingerprint density at radius 3 is 2.84 bits per heavy atom. The van der Waals surface area contributed by atoms with Crippen molar-refractivity contribution in [3.63, 3.8) is 0 Å². The van der Waals surface area contributed by atoms with Crippen LogP contribution in [0.3, 0.4) is 0 Å². The van der Waals surface area contributed by atoms with E-state index in [1.165, 1.54) is 6.08 Å². The van der Waals surface area contributed by atoms with Crippen LogP contribution in [-0.2, 0) is 16.1 Å². The van der Waals surface area contributed by atoms with E-state index in [0.717, 1.165) is 23.4 Å². The first-order chi connectivity index (χ1) is 18.6. The van der Waals surface area contributed by atoms with Crippen molar-refractivity contribution in [1.29, 1.82) is 0 Å². The van der Waals surface area contributed by atoms with Gasteiger partial charge in [0.2, 0.25) is 11.9 Å². The van der Waals surface area contributed by atoms with Crippen LogP contribution in [0.1, 0.15) is 18.0 Å². The zero-order valence-electron chi connectivity index (χ0n) is 21.3. The molecule has 1 fully saturated rings. The number of likely N-dealkylation sites (tertiary alicyclic amines) is 1. The fourth-order valence-corrected chi connectivity index (χ4v) is 4.48. The van der Waals surface area contributed by atoms with Crippen LogP contribution in [-0.4, -0.2) is 63.7 Å². The molecule has 1 aliphatic rings. The van der Waals surface area contributed by atoms with E-state index in [4.69, 9.17) is 19.4 Å². The van der Waals surface area contributed by atoms with Gasteiger partial charge in [0.1, 0.15) is 12.4 Å². The minimum Gasteiger partial charge on any atom is -0.491 e. The first-order valence-electron chi connectivity index (χ1n) is 12.6. The quantitative estimate of drug-likeness (QED) is 0.227. The number of ether oxygens (including phenoxy) is 2. The van der Waals surface area contributed by atoms with Crippen LogP contribution in [0.15, 0.2) is 73.6 Å². The van der Waals surface area contributed by atoms with Crippen LogP contribution in [0.2, 0.25) is 0 Å². The normalized spacial score (nSPS) is 15.0. The van der Waals surface area contributed by atoms with Crippen molar-refractivity contribution >= 4 is 34.5 Å². The first-order valence-corrected chi connectivity index (χ1v) is 12.6. The minimum atomic E-state index is -0.0632. The number of aromatic nitrogens is 4. The van der Waals surface area contributed by atoms with E-state index in [2.05, 4.69) is 34.3 Å². The molecule has 10 nitrogen and oxygen atoms in total. The largest absolute Gasteiger partial charge is 0.491 e. The summed E-state index contributed by atoms with van der Waals surface area (Å²) in [6, 6.07) is 17.8. The number of fused-ring (bicyclic) bond motifs is 1. The van der Waals surface area contributed by atoms with Crippen LogP contribution < -0.4 is 15.4 Å². The lowest BCUT2D eigenvalue weighted by atomic mass is 10.2. The van der Waals surface area contributed by atoms with Crippen molar-refractivity contribution in [3.05, 3.63) is 79.1 Å². The lowest BCUT2D eigenvalue weighted by molar-refractivity contribution is -0.125. The Kier molecular flexibility index (Phi) is 7.79. The number of anilines is 3. The van der Waals surface area contributed by atoms with Crippen LogP contribution in [0.25, 0.3) is 11.2 Å². The summed E-state index contributed by atoms with van der Waals surface area (Å²) >= 11 is 0. The van der Waals surface area contributed by atoms with Crippen molar-refractivity contribution < 1.29 is 14.3 Å². The van der Waals surface area contributed by atoms with E-state index >= 15 is 0 Å². The third-order valence-electron chi connectivity index (χ3n) is 6.41. The standard InChI is InChI=1S/C28H31N7O3/c1-3-24(36)34-13-12-22(18-34)35-19-30-25-26(29-17-20-8-5-4-6-9-20)32-28(33-27(25)35)31-21-10-7-11-23(16-21)38-15-14-37-2/h3-11,16,19,22H,1,12-15,17-18H2,2H3,(H2,29,31,32,33)/t22-/m0/s1. The number of benzene rings is 2. The highest BCUT2D eigenvalue weighted by molar-refractivity contribution is 5.87. The Morgan fingerprint density at radius 2 is 2.03 bits per heavy atom. The molecule has 1 amide bonds. The molecule has 2 aromatic heterocycles. The second kappa shape index (κ2) is 11.7. The van der Waals surface area contributed by atoms with E-state index in [-0.39, 0.29) is 11.9 Å². The molecule has 0 aliphatic carbocycles. The number of carbonyl (C=O) groups excluding carboxylic acids is 1. The molecule has 1 atom stereocenters. The third-order valence-corrected chi connectivity index (χ3v) is 6.41. The van der Waals surface area contributed by atoms with Crippen LogP contribution in [0, 0.1) is 0 Å². The van der Waals surface area contributed by atoms with Gasteiger partial charge >= 0.3 is 0 Å². The molecule has 0 bridgehead atoms. The van der Waals surface area contributed by atoms with Gasteiger partial charge in [0.05, 0.1) is 19.0 Å². The van der Waals surface area contributed by atoms with Gasteiger partial charge in [-0.05, 0) is 30.2 Å². The molecule has 4 aromatic rings. The molecule has 0 spiro atoms. The summed E-state index contributed by atoms with van der Waals surface area (Å²) in [5, 5.41) is 6.75. The smallest absolute Gasteiger partial charge is 0.246 e. The molecule has 5 rings (SSSR count). The van der Waals surface area contributed by atoms with Crippen molar-refractivity contribution in [2.75, 3.05) is 44.0 Å². The number of imidazole rings is 1.